The van der Waals surface area contributed by atoms with Crippen LogP contribution in [0, 0.1) is 0 Å². The van der Waals surface area contributed by atoms with Crippen molar-refractivity contribution in [2.45, 2.75) is 37.6 Å². The van der Waals surface area contributed by atoms with Gasteiger partial charge in [-0.25, -0.2) is 5.01 Å². The Balaban J connectivity index is 1.84. The number of amides is 1. The molecule has 0 saturated carbocycles. The second-order valence-corrected chi connectivity index (χ2v) is 9.66. The fourth-order valence-electron chi connectivity index (χ4n) is 3.02. The molecule has 162 valence electrons. The summed E-state index contributed by atoms with van der Waals surface area (Å²) in [5.74, 6) is 0.0609. The Hall–Kier alpha value is -3.26. The lowest BCUT2D eigenvalue weighted by Gasteiger charge is -2.22. The van der Waals surface area contributed by atoms with Crippen LogP contribution in [-0.4, -0.2) is 43.5 Å². The summed E-state index contributed by atoms with van der Waals surface area (Å²) < 4.78 is 28.8. The van der Waals surface area contributed by atoms with Crippen molar-refractivity contribution in [1.29, 1.82) is 0 Å². The van der Waals surface area contributed by atoms with Crippen LogP contribution in [0.3, 0.4) is 0 Å². The minimum atomic E-state index is -3.79. The topological polar surface area (TPSA) is 91.2 Å². The number of rotatable bonds is 6. The Kier molecular flexibility index (Phi) is 6.70. The first-order valence-electron chi connectivity index (χ1n) is 9.94. The second kappa shape index (κ2) is 9.26. The molecule has 1 amide bonds. The molecule has 7 nitrogen and oxygen atoms in total. The largest absolute Gasteiger partial charge is 0.351 e. The Labute approximate surface area is 183 Å². The maximum Gasteiger partial charge on any atom is 0.285 e. The van der Waals surface area contributed by atoms with Crippen LogP contribution < -0.4 is 5.32 Å². The van der Waals surface area contributed by atoms with Crippen molar-refractivity contribution in [1.82, 2.24) is 10.3 Å². The number of fused-ring (bicyclic) bond motifs is 1. The summed E-state index contributed by atoms with van der Waals surface area (Å²) in [5.41, 5.74) is 1.13. The summed E-state index contributed by atoms with van der Waals surface area (Å²) in [4.78, 5) is 12.4. The summed E-state index contributed by atoms with van der Waals surface area (Å²) >= 11 is 0. The van der Waals surface area contributed by atoms with Crippen LogP contribution in [0.5, 0.6) is 0 Å². The minimum Gasteiger partial charge on any atom is -0.351 e. The Bertz CT molecular complexity index is 1130. The van der Waals surface area contributed by atoms with Gasteiger partial charge in [0, 0.05) is 23.7 Å². The van der Waals surface area contributed by atoms with Gasteiger partial charge in [0.05, 0.1) is 6.54 Å². The van der Waals surface area contributed by atoms with E-state index >= 15 is 0 Å². The lowest BCUT2D eigenvalue weighted by molar-refractivity contribution is -0.122. The SMILES string of the molecule is CC(C)(C)NC(=O)CCN(/N=C/C=C/c1ccccc1)C1=NS(=O)(=O)c2ccccc21. The molecule has 0 atom stereocenters. The highest BCUT2D eigenvalue weighted by atomic mass is 32.2. The predicted octanol–water partition coefficient (Wildman–Crippen LogP) is 3.44. The number of sulfonamides is 1. The fourth-order valence-corrected chi connectivity index (χ4v) is 4.22. The van der Waals surface area contributed by atoms with Crippen molar-refractivity contribution in [2.75, 3.05) is 6.54 Å². The van der Waals surface area contributed by atoms with Crippen molar-refractivity contribution < 1.29 is 13.2 Å². The van der Waals surface area contributed by atoms with Gasteiger partial charge in [0.1, 0.15) is 4.90 Å². The molecule has 2 aromatic carbocycles. The zero-order valence-corrected chi connectivity index (χ0v) is 18.6. The normalized spacial score (nSPS) is 15.1. The molecule has 1 N–H and O–H groups in total. The van der Waals surface area contributed by atoms with E-state index in [1.54, 1.807) is 30.5 Å². The number of carbonyl (C=O) groups is 1. The number of nitrogens with one attached hydrogen (secondary N) is 1. The molecule has 0 fully saturated rings. The molecule has 8 heteroatoms. The second-order valence-electron chi connectivity index (χ2n) is 8.09. The smallest absolute Gasteiger partial charge is 0.285 e. The van der Waals surface area contributed by atoms with Gasteiger partial charge in [0.15, 0.2) is 5.84 Å². The number of benzene rings is 2. The van der Waals surface area contributed by atoms with E-state index in [1.807, 2.05) is 57.2 Å². The van der Waals surface area contributed by atoms with Crippen LogP contribution in [0.25, 0.3) is 6.08 Å². The summed E-state index contributed by atoms with van der Waals surface area (Å²) in [7, 11) is -3.79. The van der Waals surface area contributed by atoms with E-state index < -0.39 is 10.0 Å². The summed E-state index contributed by atoms with van der Waals surface area (Å²) in [6, 6.07) is 16.3. The number of nitrogens with zero attached hydrogens (tertiary/aromatic N) is 3. The quantitative estimate of drug-likeness (QED) is 0.552. The Morgan fingerprint density at radius 1 is 1.10 bits per heavy atom. The number of carbonyl (C=O) groups excluding carboxylic acids is 1. The van der Waals surface area contributed by atoms with Gasteiger partial charge < -0.3 is 5.32 Å². The maximum atomic E-state index is 12.4. The lowest BCUT2D eigenvalue weighted by Crippen LogP contribution is -2.42. The zero-order chi connectivity index (χ0) is 22.5. The van der Waals surface area contributed by atoms with Crippen LogP contribution in [0.15, 0.2) is 75.1 Å². The van der Waals surface area contributed by atoms with Crippen LogP contribution in [0.1, 0.15) is 38.3 Å². The van der Waals surface area contributed by atoms with Crippen molar-refractivity contribution in [2.24, 2.45) is 9.50 Å². The maximum absolute atomic E-state index is 12.4. The number of hydrazone groups is 1. The van der Waals surface area contributed by atoms with E-state index in [-0.39, 0.29) is 35.1 Å². The molecule has 0 spiro atoms. The van der Waals surface area contributed by atoms with Gasteiger partial charge in [0.2, 0.25) is 5.91 Å². The first kappa shape index (κ1) is 22.4. The summed E-state index contributed by atoms with van der Waals surface area (Å²) in [6.45, 7) is 5.89. The van der Waals surface area contributed by atoms with Crippen LogP contribution in [0.4, 0.5) is 0 Å². The Morgan fingerprint density at radius 2 is 1.77 bits per heavy atom. The van der Waals surface area contributed by atoms with Gasteiger partial charge in [-0.3, -0.25) is 4.79 Å². The molecular weight excluding hydrogens is 412 g/mol. The number of hydrogen-bond donors (Lipinski definition) is 1. The number of hydrogen-bond acceptors (Lipinski definition) is 5. The molecule has 0 radical (unpaired) electrons. The Morgan fingerprint density at radius 3 is 2.48 bits per heavy atom. The zero-order valence-electron chi connectivity index (χ0n) is 17.8. The van der Waals surface area contributed by atoms with E-state index in [4.69, 9.17) is 0 Å². The molecule has 0 saturated heterocycles. The number of amidine groups is 1. The van der Waals surface area contributed by atoms with Crippen LogP contribution in [0.2, 0.25) is 0 Å². The molecular formula is C23H26N4O3S. The van der Waals surface area contributed by atoms with Crippen molar-refractivity contribution in [3.63, 3.8) is 0 Å². The highest BCUT2D eigenvalue weighted by Gasteiger charge is 2.31. The molecule has 1 heterocycles. The fraction of sp³-hybridized carbons (Fsp3) is 0.261. The highest BCUT2D eigenvalue weighted by Crippen LogP contribution is 2.27. The number of allylic oxidation sites excluding steroid dienone is 1. The van der Waals surface area contributed by atoms with Gasteiger partial charge in [-0.15, -0.1) is 4.40 Å². The third-order valence-electron chi connectivity index (χ3n) is 4.30. The molecule has 1 aliphatic rings. The molecule has 0 aliphatic carbocycles. The summed E-state index contributed by atoms with van der Waals surface area (Å²) in [5, 5.41) is 8.76. The van der Waals surface area contributed by atoms with E-state index in [9.17, 15) is 13.2 Å². The lowest BCUT2D eigenvalue weighted by atomic mass is 10.1. The van der Waals surface area contributed by atoms with Crippen LogP contribution in [-0.2, 0) is 14.8 Å². The first-order valence-corrected chi connectivity index (χ1v) is 11.4. The van der Waals surface area contributed by atoms with Gasteiger partial charge >= 0.3 is 0 Å². The molecule has 0 aromatic heterocycles. The van der Waals surface area contributed by atoms with Gasteiger partial charge in [-0.1, -0.05) is 48.5 Å². The molecule has 0 bridgehead atoms. The molecule has 2 aromatic rings. The third kappa shape index (κ3) is 6.11. The van der Waals surface area contributed by atoms with E-state index in [0.717, 1.165) is 5.56 Å². The predicted molar refractivity (Wildman–Crippen MR) is 123 cm³/mol. The van der Waals surface area contributed by atoms with E-state index in [2.05, 4.69) is 14.8 Å². The van der Waals surface area contributed by atoms with Gasteiger partial charge in [-0.2, -0.15) is 13.5 Å². The average Bonchev–Trinajstić information content (AvgIpc) is 2.98. The highest BCUT2D eigenvalue weighted by molar-refractivity contribution is 7.90. The third-order valence-corrected chi connectivity index (χ3v) is 5.63. The van der Waals surface area contributed by atoms with Gasteiger partial charge in [0.25, 0.3) is 10.0 Å². The van der Waals surface area contributed by atoms with Crippen molar-refractivity contribution in [3.05, 3.63) is 71.8 Å². The standard InChI is InChI=1S/C23H26N4O3S/c1-23(2,3)25-21(28)15-17-27(24-16-9-12-18-10-5-4-6-11-18)22-19-13-7-8-14-20(19)31(29,30)26-22/h4-14,16H,15,17H2,1-3H3,(H,25,28)/b12-9+,24-16+. The van der Waals surface area contributed by atoms with Crippen LogP contribution >= 0.6 is 0 Å². The monoisotopic (exact) mass is 438 g/mol. The average molecular weight is 439 g/mol. The summed E-state index contributed by atoms with van der Waals surface area (Å²) in [6.07, 6.45) is 5.34. The molecule has 0 unspecified atom stereocenters. The van der Waals surface area contributed by atoms with E-state index in [0.29, 0.717) is 5.56 Å². The van der Waals surface area contributed by atoms with Gasteiger partial charge in [-0.05, 0) is 44.5 Å². The van der Waals surface area contributed by atoms with Crippen molar-refractivity contribution in [3.8, 4) is 0 Å². The van der Waals surface area contributed by atoms with E-state index in [1.165, 1.54) is 11.1 Å². The minimum absolute atomic E-state index is 0.137. The first-order chi connectivity index (χ1) is 14.7. The molecule has 3 rings (SSSR count). The molecule has 1 aliphatic heterocycles. The van der Waals surface area contributed by atoms with Crippen molar-refractivity contribution >= 4 is 34.1 Å². The molecule has 31 heavy (non-hydrogen) atoms.